The Morgan fingerprint density at radius 2 is 1.92 bits per heavy atom. The minimum atomic E-state index is -0.664. The number of carbonyl (C=O) groups excluding carboxylic acids is 1. The van der Waals surface area contributed by atoms with E-state index in [4.69, 9.17) is 9.84 Å². The topological polar surface area (TPSA) is 128 Å². The molecule has 4 rings (SSSR count). The Balaban J connectivity index is 1.63. The van der Waals surface area contributed by atoms with Crippen LogP contribution in [-0.2, 0) is 10.3 Å². The van der Waals surface area contributed by atoms with Crippen LogP contribution in [0, 0.1) is 11.3 Å². The monoisotopic (exact) mass is 537 g/mol. The summed E-state index contributed by atoms with van der Waals surface area (Å²) in [7, 11) is 0. The van der Waals surface area contributed by atoms with E-state index in [1.54, 1.807) is 23.0 Å². The predicted octanol–water partition coefficient (Wildman–Crippen LogP) is 5.11. The average molecular weight is 538 g/mol. The lowest BCUT2D eigenvalue weighted by molar-refractivity contribution is 0.0110. The van der Waals surface area contributed by atoms with Gasteiger partial charge in [0.2, 0.25) is 0 Å². The Morgan fingerprint density at radius 1 is 1.24 bits per heavy atom. The molecule has 1 amide bonds. The summed E-state index contributed by atoms with van der Waals surface area (Å²) in [4.78, 5) is 31.1. The standard InChI is InChI=1S/C27H35N7O3S/c1-18(2)32-38-20-8-6-19(7-9-20)30-23-22-21(10-15-29-24(22)35)34(31-23)27(11-14-28)12-16-33(17-13-27)25(36)37-26(3,4)5/h6-10,15,18,32H,11-13,16-17H2,1-5H3,(H,29,35)(H,30,31). The number of hydrogen-bond donors (Lipinski definition) is 3. The number of carbonyl (C=O) groups is 1. The van der Waals surface area contributed by atoms with E-state index in [2.05, 4.69) is 34.9 Å². The lowest BCUT2D eigenvalue weighted by Gasteiger charge is -2.41. The van der Waals surface area contributed by atoms with Crippen LogP contribution < -0.4 is 15.6 Å². The number of anilines is 2. The van der Waals surface area contributed by atoms with Crippen LogP contribution >= 0.6 is 11.9 Å². The van der Waals surface area contributed by atoms with Crippen molar-refractivity contribution in [1.29, 1.82) is 5.26 Å². The van der Waals surface area contributed by atoms with Gasteiger partial charge in [-0.25, -0.2) is 4.79 Å². The molecule has 38 heavy (non-hydrogen) atoms. The van der Waals surface area contributed by atoms with E-state index >= 15 is 0 Å². The first-order valence-corrected chi connectivity index (χ1v) is 13.6. The van der Waals surface area contributed by atoms with Crippen molar-refractivity contribution in [2.75, 3.05) is 18.4 Å². The first-order chi connectivity index (χ1) is 18.0. The summed E-state index contributed by atoms with van der Waals surface area (Å²) in [5.41, 5.74) is -0.0709. The van der Waals surface area contributed by atoms with Crippen LogP contribution in [0.4, 0.5) is 16.3 Å². The maximum atomic E-state index is 12.9. The van der Waals surface area contributed by atoms with Gasteiger partial charge in [0.1, 0.15) is 11.0 Å². The van der Waals surface area contributed by atoms with Crippen molar-refractivity contribution in [1.82, 2.24) is 24.4 Å². The molecule has 202 valence electrons. The third kappa shape index (κ3) is 6.14. The fourth-order valence-electron chi connectivity index (χ4n) is 4.50. The first-order valence-electron chi connectivity index (χ1n) is 12.8. The van der Waals surface area contributed by atoms with Crippen LogP contribution in [0.25, 0.3) is 10.9 Å². The molecule has 1 aliphatic rings. The summed E-state index contributed by atoms with van der Waals surface area (Å²) in [6.45, 7) is 10.5. The molecule has 11 heteroatoms. The molecule has 1 aromatic carbocycles. The largest absolute Gasteiger partial charge is 0.444 e. The highest BCUT2D eigenvalue weighted by molar-refractivity contribution is 7.97. The van der Waals surface area contributed by atoms with Gasteiger partial charge in [-0.1, -0.05) is 0 Å². The summed E-state index contributed by atoms with van der Waals surface area (Å²) in [5, 5.41) is 18.3. The third-order valence-corrected chi connectivity index (χ3v) is 7.43. The lowest BCUT2D eigenvalue weighted by atomic mass is 9.85. The number of amides is 1. The molecule has 0 radical (unpaired) electrons. The Morgan fingerprint density at radius 3 is 2.53 bits per heavy atom. The maximum Gasteiger partial charge on any atom is 0.410 e. The van der Waals surface area contributed by atoms with Gasteiger partial charge in [-0.2, -0.15) is 10.4 Å². The van der Waals surface area contributed by atoms with Crippen molar-refractivity contribution in [2.45, 2.75) is 76.0 Å². The Bertz CT molecular complexity index is 1370. The quantitative estimate of drug-likeness (QED) is 0.355. The molecule has 0 bridgehead atoms. The van der Waals surface area contributed by atoms with E-state index < -0.39 is 11.1 Å². The van der Waals surface area contributed by atoms with Crippen LogP contribution in [-0.4, -0.2) is 50.5 Å². The molecule has 10 nitrogen and oxygen atoms in total. The summed E-state index contributed by atoms with van der Waals surface area (Å²) in [5.74, 6) is 0.425. The number of fused-ring (bicyclic) bond motifs is 1. The van der Waals surface area contributed by atoms with Crippen LogP contribution in [0.5, 0.6) is 0 Å². The summed E-state index contributed by atoms with van der Waals surface area (Å²) in [6, 6.07) is 12.4. The van der Waals surface area contributed by atoms with Gasteiger partial charge in [-0.15, -0.1) is 0 Å². The minimum absolute atomic E-state index is 0.201. The number of nitrogens with one attached hydrogen (secondary N) is 3. The van der Waals surface area contributed by atoms with Crippen molar-refractivity contribution in [3.8, 4) is 6.07 Å². The normalized spacial score (nSPS) is 15.4. The van der Waals surface area contributed by atoms with E-state index in [0.29, 0.717) is 48.7 Å². The van der Waals surface area contributed by atoms with Gasteiger partial charge in [0.25, 0.3) is 5.56 Å². The van der Waals surface area contributed by atoms with Gasteiger partial charge >= 0.3 is 6.09 Å². The zero-order valence-corrected chi connectivity index (χ0v) is 23.3. The highest BCUT2D eigenvalue weighted by Crippen LogP contribution is 2.38. The number of rotatable bonds is 7. The van der Waals surface area contributed by atoms with Crippen molar-refractivity contribution in [3.05, 3.63) is 46.9 Å². The second kappa shape index (κ2) is 11.1. The van der Waals surface area contributed by atoms with Crippen LogP contribution in [0.15, 0.2) is 46.2 Å². The molecular weight excluding hydrogens is 502 g/mol. The molecule has 0 atom stereocenters. The van der Waals surface area contributed by atoms with Gasteiger partial charge < -0.3 is 19.9 Å². The third-order valence-electron chi connectivity index (χ3n) is 6.34. The summed E-state index contributed by atoms with van der Waals surface area (Å²) >= 11 is 1.56. The SMILES string of the molecule is CC(C)NSc1ccc(Nc2nn(C3(CC#N)CCN(C(=O)OC(C)(C)C)CC3)c3cc[nH]c(=O)c23)cc1. The molecule has 3 aromatic rings. The number of aromatic amines is 1. The smallest absolute Gasteiger partial charge is 0.410 e. The molecule has 3 N–H and O–H groups in total. The van der Waals surface area contributed by atoms with Gasteiger partial charge in [0.05, 0.1) is 23.5 Å². The van der Waals surface area contributed by atoms with E-state index in [9.17, 15) is 14.9 Å². The van der Waals surface area contributed by atoms with Gasteiger partial charge in [-0.05, 0) is 89.7 Å². The van der Waals surface area contributed by atoms with Crippen molar-refractivity contribution in [3.63, 3.8) is 0 Å². The van der Waals surface area contributed by atoms with E-state index in [1.807, 2.05) is 55.8 Å². The predicted molar refractivity (Wildman–Crippen MR) is 149 cm³/mol. The first kappa shape index (κ1) is 27.5. The molecule has 3 heterocycles. The molecule has 1 aliphatic heterocycles. The Labute approximate surface area is 226 Å². The number of aromatic nitrogens is 3. The average Bonchev–Trinajstić information content (AvgIpc) is 3.23. The molecule has 0 saturated carbocycles. The number of hydrogen-bond acceptors (Lipinski definition) is 8. The van der Waals surface area contributed by atoms with Crippen molar-refractivity contribution >= 4 is 40.4 Å². The second-order valence-corrected chi connectivity index (χ2v) is 11.8. The number of piperidine rings is 1. The van der Waals surface area contributed by atoms with E-state index in [0.717, 1.165) is 10.6 Å². The van der Waals surface area contributed by atoms with Crippen molar-refractivity contribution < 1.29 is 9.53 Å². The number of nitrogens with zero attached hydrogens (tertiary/aromatic N) is 4. The molecule has 1 saturated heterocycles. The van der Waals surface area contributed by atoms with Gasteiger partial charge in [0, 0.05) is 35.9 Å². The Kier molecular flexibility index (Phi) is 8.04. The second-order valence-electron chi connectivity index (χ2n) is 10.9. The highest BCUT2D eigenvalue weighted by Gasteiger charge is 2.41. The van der Waals surface area contributed by atoms with Crippen LogP contribution in [0.3, 0.4) is 0 Å². The number of likely N-dealkylation sites (tertiary alicyclic amines) is 1. The number of benzene rings is 1. The zero-order valence-electron chi connectivity index (χ0n) is 22.5. The zero-order chi connectivity index (χ0) is 27.5. The van der Waals surface area contributed by atoms with E-state index in [1.165, 1.54) is 0 Å². The lowest BCUT2D eigenvalue weighted by Crippen LogP contribution is -2.49. The molecule has 1 fully saturated rings. The number of H-pyrrole nitrogens is 1. The molecular formula is C27H35N7O3S. The molecule has 0 aliphatic carbocycles. The van der Waals surface area contributed by atoms with Gasteiger partial charge in [-0.3, -0.25) is 14.2 Å². The maximum absolute atomic E-state index is 12.9. The summed E-state index contributed by atoms with van der Waals surface area (Å²) in [6.07, 6.45) is 2.45. The number of nitriles is 1. The molecule has 0 unspecified atom stereocenters. The van der Waals surface area contributed by atoms with E-state index in [-0.39, 0.29) is 18.1 Å². The molecule has 2 aromatic heterocycles. The number of pyridine rings is 1. The minimum Gasteiger partial charge on any atom is -0.444 e. The van der Waals surface area contributed by atoms with Crippen LogP contribution in [0.1, 0.15) is 53.9 Å². The summed E-state index contributed by atoms with van der Waals surface area (Å²) < 4.78 is 10.7. The molecule has 0 spiro atoms. The fourth-order valence-corrected chi connectivity index (χ4v) is 5.14. The highest BCUT2D eigenvalue weighted by atomic mass is 32.2. The van der Waals surface area contributed by atoms with Crippen molar-refractivity contribution in [2.24, 2.45) is 0 Å². The van der Waals surface area contributed by atoms with Gasteiger partial charge in [0.15, 0.2) is 5.82 Å². The number of ether oxygens (including phenoxy) is 1. The van der Waals surface area contributed by atoms with Crippen LogP contribution in [0.2, 0.25) is 0 Å². The Hall–Kier alpha value is -3.49. The fraction of sp³-hybridized carbons (Fsp3) is 0.481.